The second-order valence-corrected chi connectivity index (χ2v) is 6.96. The number of alkyl carbamates (subject to hydrolysis) is 1. The minimum absolute atomic E-state index is 0.0643. The third-order valence-electron chi connectivity index (χ3n) is 4.81. The van der Waals surface area contributed by atoms with E-state index < -0.39 is 6.09 Å². The number of benzene rings is 2. The van der Waals surface area contributed by atoms with Crippen LogP contribution in [-0.4, -0.2) is 25.3 Å². The molecule has 1 amide bonds. The van der Waals surface area contributed by atoms with Gasteiger partial charge in [0.2, 0.25) is 0 Å². The molecule has 0 saturated carbocycles. The molecule has 134 valence electrons. The van der Waals surface area contributed by atoms with E-state index in [0.717, 1.165) is 0 Å². The lowest BCUT2D eigenvalue weighted by atomic mass is 9.98. The summed E-state index contributed by atoms with van der Waals surface area (Å²) in [6.45, 7) is 4.81. The van der Waals surface area contributed by atoms with Crippen molar-refractivity contribution < 1.29 is 9.53 Å². The summed E-state index contributed by atoms with van der Waals surface area (Å²) in [5.74, 6) is 0.301. The highest BCUT2D eigenvalue weighted by atomic mass is 32.1. The Morgan fingerprint density at radius 2 is 1.73 bits per heavy atom. The molecule has 26 heavy (non-hydrogen) atoms. The molecule has 2 aromatic carbocycles. The number of amides is 1. The number of thiol groups is 1. The van der Waals surface area contributed by atoms with E-state index in [1.165, 1.54) is 22.3 Å². The van der Waals surface area contributed by atoms with Gasteiger partial charge in [-0.3, -0.25) is 0 Å². The van der Waals surface area contributed by atoms with Crippen molar-refractivity contribution in [2.24, 2.45) is 5.92 Å². The van der Waals surface area contributed by atoms with Crippen molar-refractivity contribution in [3.8, 4) is 16.5 Å². The van der Waals surface area contributed by atoms with Gasteiger partial charge < -0.3 is 10.1 Å². The monoisotopic (exact) mass is 367 g/mol. The van der Waals surface area contributed by atoms with Crippen molar-refractivity contribution in [1.82, 2.24) is 5.32 Å². The van der Waals surface area contributed by atoms with Gasteiger partial charge in [-0.05, 0) is 40.8 Å². The molecule has 0 aromatic heterocycles. The molecular formula is C21H23N2O2S+. The van der Waals surface area contributed by atoms with Gasteiger partial charge in [-0.1, -0.05) is 67.2 Å². The molecule has 2 aromatic rings. The van der Waals surface area contributed by atoms with Crippen molar-refractivity contribution >= 4 is 18.7 Å². The summed E-state index contributed by atoms with van der Waals surface area (Å²) in [5, 5.41) is 5.35. The Hall–Kier alpha value is -2.45. The lowest BCUT2D eigenvalue weighted by Gasteiger charge is -2.18. The average Bonchev–Trinajstić information content (AvgIpc) is 2.97. The number of thiocyanates is 1. The molecule has 0 unspecified atom stereocenters. The van der Waals surface area contributed by atoms with Crippen molar-refractivity contribution in [1.29, 1.82) is 0 Å². The lowest BCUT2D eigenvalue weighted by molar-refractivity contribution is 0.137. The molecule has 0 fully saturated rings. The van der Waals surface area contributed by atoms with E-state index in [1.54, 1.807) is 0 Å². The molecule has 0 heterocycles. The Morgan fingerprint density at radius 1 is 1.15 bits per heavy atom. The fourth-order valence-electron chi connectivity index (χ4n) is 3.35. The number of nitrogens with zero attached hydrogens (tertiary/aromatic N) is 1. The molecule has 0 saturated heterocycles. The number of fused-ring (bicyclic) bond motifs is 3. The van der Waals surface area contributed by atoms with Crippen LogP contribution < -0.4 is 5.32 Å². The zero-order valence-corrected chi connectivity index (χ0v) is 15.9. The first-order valence-corrected chi connectivity index (χ1v) is 9.23. The van der Waals surface area contributed by atoms with Gasteiger partial charge in [-0.25, -0.2) is 4.79 Å². The minimum Gasteiger partial charge on any atom is -0.449 e. The summed E-state index contributed by atoms with van der Waals surface area (Å²) in [7, 11) is 0. The second-order valence-electron chi connectivity index (χ2n) is 6.76. The first-order chi connectivity index (χ1) is 12.6. The molecule has 1 aliphatic rings. The molecule has 0 aliphatic heterocycles. The lowest BCUT2D eigenvalue weighted by Crippen LogP contribution is -2.41. The third kappa shape index (κ3) is 3.86. The predicted molar refractivity (Wildman–Crippen MR) is 108 cm³/mol. The van der Waals surface area contributed by atoms with Crippen LogP contribution >= 0.6 is 12.6 Å². The Labute approximate surface area is 159 Å². The largest absolute Gasteiger partial charge is 0.449 e. The molecule has 0 radical (unpaired) electrons. The van der Waals surface area contributed by atoms with E-state index in [2.05, 4.69) is 52.5 Å². The third-order valence-corrected chi connectivity index (χ3v) is 4.95. The van der Waals surface area contributed by atoms with Gasteiger partial charge in [-0.15, -0.1) is 0 Å². The number of rotatable bonds is 5. The summed E-state index contributed by atoms with van der Waals surface area (Å²) < 4.78 is 5.57. The number of carbonyl (C=O) groups excluding carboxylic acids is 1. The summed E-state index contributed by atoms with van der Waals surface area (Å²) in [6.07, 6.45) is -0.417. The van der Waals surface area contributed by atoms with E-state index in [0.29, 0.717) is 13.2 Å². The van der Waals surface area contributed by atoms with E-state index in [1.807, 2.05) is 38.1 Å². The first kappa shape index (κ1) is 18.3. The van der Waals surface area contributed by atoms with Crippen LogP contribution in [-0.2, 0) is 4.74 Å². The van der Waals surface area contributed by atoms with Crippen LogP contribution in [0.2, 0.25) is 0 Å². The van der Waals surface area contributed by atoms with Gasteiger partial charge in [0.25, 0.3) is 6.54 Å². The predicted octanol–water partition coefficient (Wildman–Crippen LogP) is 4.77. The molecule has 1 atom stereocenters. The number of ether oxygens (including phenoxy) is 1. The zero-order chi connectivity index (χ0) is 18.5. The molecule has 0 bridgehead atoms. The van der Waals surface area contributed by atoms with Gasteiger partial charge in [-0.2, -0.15) is 0 Å². The van der Waals surface area contributed by atoms with Crippen LogP contribution in [0, 0.1) is 11.3 Å². The topological polar surface area (TPSA) is 42.7 Å². The number of nitrogens with one attached hydrogen (secondary N) is 1. The molecular weight excluding hydrogens is 344 g/mol. The standard InChI is InChI=1S/C21H22N2O2S/c1-14(2)20(11-22-13-26)23-21(24)25-12-19-17-9-5-3-7-15(17)16-8-4-6-10-18(16)19/h3-10,14,19-20H,11-12H2,1-2H3,(H,23,24)/p+1/t20-/m1/s1. The molecule has 0 spiro atoms. The van der Waals surface area contributed by atoms with Crippen LogP contribution in [0.25, 0.3) is 16.0 Å². The fraction of sp³-hybridized carbons (Fsp3) is 0.333. The number of hydrogen-bond donors (Lipinski definition) is 2. The van der Waals surface area contributed by atoms with Crippen LogP contribution in [0.5, 0.6) is 0 Å². The van der Waals surface area contributed by atoms with Gasteiger partial charge in [0.1, 0.15) is 12.6 Å². The molecule has 5 heteroatoms. The SMILES string of the molecule is CC(C)[C@@H](C[N+]#CS)NC(=O)OCC1c2ccccc2-c2ccccc21. The number of carbonyl (C=O) groups is 1. The van der Waals surface area contributed by atoms with Crippen molar-refractivity contribution in [2.75, 3.05) is 13.2 Å². The van der Waals surface area contributed by atoms with Crippen LogP contribution in [0.3, 0.4) is 0 Å². The Bertz CT molecular complexity index is 809. The van der Waals surface area contributed by atoms with Gasteiger partial charge in [0.15, 0.2) is 0 Å². The Balaban J connectivity index is 1.69. The number of hydrogen-bond acceptors (Lipinski definition) is 3. The summed E-state index contributed by atoms with van der Waals surface area (Å²) >= 11 is 3.85. The summed E-state index contributed by atoms with van der Waals surface area (Å²) in [6, 6.07) is 16.5. The van der Waals surface area contributed by atoms with E-state index in [4.69, 9.17) is 4.74 Å². The van der Waals surface area contributed by atoms with E-state index >= 15 is 0 Å². The van der Waals surface area contributed by atoms with Gasteiger partial charge >= 0.3 is 11.5 Å². The summed E-state index contributed by atoms with van der Waals surface area (Å²) in [5.41, 5.74) is 4.85. The second kappa shape index (κ2) is 8.29. The maximum Gasteiger partial charge on any atom is 0.407 e. The highest BCUT2D eigenvalue weighted by Gasteiger charge is 2.29. The van der Waals surface area contributed by atoms with Crippen LogP contribution in [0.1, 0.15) is 30.9 Å². The van der Waals surface area contributed by atoms with Crippen molar-refractivity contribution in [3.05, 3.63) is 64.5 Å². The zero-order valence-electron chi connectivity index (χ0n) is 15.0. The highest BCUT2D eigenvalue weighted by Crippen LogP contribution is 2.44. The van der Waals surface area contributed by atoms with Crippen molar-refractivity contribution in [2.45, 2.75) is 25.8 Å². The van der Waals surface area contributed by atoms with Crippen LogP contribution in [0.15, 0.2) is 48.5 Å². The molecule has 4 nitrogen and oxygen atoms in total. The van der Waals surface area contributed by atoms with E-state index in [9.17, 15) is 4.79 Å². The summed E-state index contributed by atoms with van der Waals surface area (Å²) in [4.78, 5) is 16.3. The molecule has 1 N–H and O–H groups in total. The fourth-order valence-corrected chi connectivity index (χ4v) is 3.44. The van der Waals surface area contributed by atoms with Crippen LogP contribution in [0.4, 0.5) is 4.79 Å². The average molecular weight is 367 g/mol. The normalized spacial score (nSPS) is 13.4. The smallest absolute Gasteiger partial charge is 0.407 e. The molecule has 1 aliphatic carbocycles. The first-order valence-electron chi connectivity index (χ1n) is 8.79. The maximum atomic E-state index is 12.3. The van der Waals surface area contributed by atoms with Gasteiger partial charge in [0, 0.05) is 5.92 Å². The maximum absolute atomic E-state index is 12.3. The Morgan fingerprint density at radius 3 is 2.27 bits per heavy atom. The quantitative estimate of drug-likeness (QED) is 0.590. The van der Waals surface area contributed by atoms with E-state index in [-0.39, 0.29) is 17.9 Å². The molecule has 3 rings (SSSR count). The van der Waals surface area contributed by atoms with Crippen molar-refractivity contribution in [3.63, 3.8) is 0 Å². The Kier molecular flexibility index (Phi) is 5.85. The van der Waals surface area contributed by atoms with Gasteiger partial charge in [0.05, 0.1) is 0 Å². The highest BCUT2D eigenvalue weighted by molar-refractivity contribution is 7.85. The minimum atomic E-state index is -0.417.